The lowest BCUT2D eigenvalue weighted by atomic mass is 8.96. The average molecular weight is 278 g/mol. The lowest BCUT2D eigenvalue weighted by Crippen LogP contribution is -3.06. The third kappa shape index (κ3) is 0.912. The minimum Gasteiger partial charge on any atom is -0.469 e. The Morgan fingerprint density at radius 1 is 1.00 bits per heavy atom. The van der Waals surface area contributed by atoms with Gasteiger partial charge >= 0.3 is 17.9 Å². The number of esters is 3. The van der Waals surface area contributed by atoms with Crippen LogP contribution in [-0.4, -0.2) is 25.0 Å². The van der Waals surface area contributed by atoms with Crippen molar-refractivity contribution in [3.05, 3.63) is 0 Å². The van der Waals surface area contributed by atoms with Crippen LogP contribution >= 0.6 is 0 Å². The third-order valence-corrected chi connectivity index (χ3v) is 6.56. The Balaban J connectivity index is 0.000000119. The van der Waals surface area contributed by atoms with E-state index in [1.807, 2.05) is 0 Å². The highest BCUT2D eigenvalue weighted by Gasteiger charge is 3.06. The summed E-state index contributed by atoms with van der Waals surface area (Å²) in [7, 11) is 1.55. The molecular formula is C15H18O5. The van der Waals surface area contributed by atoms with Crippen molar-refractivity contribution in [2.45, 2.75) is 20.3 Å². The van der Waals surface area contributed by atoms with Gasteiger partial charge in [0, 0.05) is 13.3 Å². The summed E-state index contributed by atoms with van der Waals surface area (Å²) in [6.07, 6.45) is 0.250. The van der Waals surface area contributed by atoms with E-state index < -0.39 is 11.9 Å². The zero-order chi connectivity index (χ0) is 14.4. The molecule has 0 amide bonds. The van der Waals surface area contributed by atoms with E-state index in [1.54, 1.807) is 14.0 Å². The molecule has 0 aromatic rings. The average Bonchev–Trinajstić information content (AvgIpc) is 2.46. The zero-order valence-electron chi connectivity index (χ0n) is 11.8. The number of hydrogen-bond acceptors (Lipinski definition) is 5. The molecule has 0 aromatic carbocycles. The van der Waals surface area contributed by atoms with Gasteiger partial charge < -0.3 is 9.47 Å². The Kier molecular flexibility index (Phi) is 2.12. The van der Waals surface area contributed by atoms with Crippen LogP contribution in [-0.2, 0) is 23.9 Å². The first-order valence-corrected chi connectivity index (χ1v) is 7.31. The normalized spacial score (nSPS) is 52.2. The van der Waals surface area contributed by atoms with Crippen molar-refractivity contribution in [2.24, 2.45) is 46.8 Å². The van der Waals surface area contributed by atoms with Crippen LogP contribution < -0.4 is 0 Å². The number of carbonyl (C=O) groups excluding carboxylic acids is 3. The minimum atomic E-state index is -0.545. The second kappa shape index (κ2) is 3.43. The lowest BCUT2D eigenvalue weighted by Gasteiger charge is -3.06. The van der Waals surface area contributed by atoms with Crippen molar-refractivity contribution in [2.75, 3.05) is 7.11 Å². The van der Waals surface area contributed by atoms with E-state index >= 15 is 0 Å². The van der Waals surface area contributed by atoms with Crippen LogP contribution in [0.4, 0.5) is 0 Å². The lowest BCUT2D eigenvalue weighted by molar-refractivity contribution is -0.598. The molecule has 0 N–H and O–H groups in total. The van der Waals surface area contributed by atoms with Crippen molar-refractivity contribution in [1.82, 2.24) is 0 Å². The summed E-state index contributed by atoms with van der Waals surface area (Å²) in [4.78, 5) is 31.7. The maximum atomic E-state index is 11.6. The molecule has 0 saturated heterocycles. The minimum absolute atomic E-state index is 0.115. The van der Waals surface area contributed by atoms with Gasteiger partial charge in [-0.25, -0.2) is 0 Å². The Morgan fingerprint density at radius 2 is 1.50 bits per heavy atom. The molecule has 0 spiro atoms. The summed E-state index contributed by atoms with van der Waals surface area (Å²) in [5.74, 6) is 5.58. The fraction of sp³-hybridized carbons (Fsp3) is 0.800. The standard InChI is InChI=1S/C10H10O2.C5H8O3/c1-12-9(11)10-6-3-2-4(6)8(10)5(2)7(3)10;1-3-5(7)8-4(2)6/h2-8H,1H3;3H2,1-2H3. The summed E-state index contributed by atoms with van der Waals surface area (Å²) >= 11 is 0. The fourth-order valence-corrected chi connectivity index (χ4v) is 6.25. The predicted molar refractivity (Wildman–Crippen MR) is 65.9 cm³/mol. The Labute approximate surface area is 117 Å². The SMILES string of the molecule is CCC(=O)OC(C)=O.COC(=O)C12C3C4C5C3C1C5C42. The zero-order valence-corrected chi connectivity index (χ0v) is 11.8. The van der Waals surface area contributed by atoms with Gasteiger partial charge in [-0.15, -0.1) is 0 Å². The molecule has 20 heavy (non-hydrogen) atoms. The van der Waals surface area contributed by atoms with Crippen LogP contribution in [0.25, 0.3) is 0 Å². The molecule has 6 fully saturated rings. The molecule has 0 aromatic heterocycles. The van der Waals surface area contributed by atoms with Gasteiger partial charge in [-0.05, 0) is 41.4 Å². The van der Waals surface area contributed by atoms with Crippen LogP contribution in [0.15, 0.2) is 0 Å². The largest absolute Gasteiger partial charge is 0.469 e. The summed E-state index contributed by atoms with van der Waals surface area (Å²) in [6.45, 7) is 2.83. The predicted octanol–water partition coefficient (Wildman–Crippen LogP) is 1.01. The highest BCUT2D eigenvalue weighted by molar-refractivity contribution is 5.87. The third-order valence-electron chi connectivity index (χ3n) is 6.56. The van der Waals surface area contributed by atoms with Gasteiger partial charge in [0.15, 0.2) is 0 Å². The molecule has 5 nitrogen and oxygen atoms in total. The molecule has 0 heterocycles. The van der Waals surface area contributed by atoms with E-state index in [0.29, 0.717) is 0 Å². The van der Waals surface area contributed by atoms with Crippen LogP contribution in [0.2, 0.25) is 0 Å². The van der Waals surface area contributed by atoms with E-state index in [2.05, 4.69) is 4.74 Å². The molecule has 0 aliphatic heterocycles. The van der Waals surface area contributed by atoms with Crippen molar-refractivity contribution in [1.29, 1.82) is 0 Å². The molecule has 0 atom stereocenters. The first-order valence-electron chi connectivity index (χ1n) is 7.31. The number of methoxy groups -OCH3 is 1. The number of hydrogen-bond donors (Lipinski definition) is 0. The van der Waals surface area contributed by atoms with E-state index in [9.17, 15) is 14.4 Å². The molecule has 6 aliphatic carbocycles. The van der Waals surface area contributed by atoms with E-state index in [1.165, 1.54) is 6.92 Å². The molecule has 0 radical (unpaired) electrons. The number of ether oxygens (including phenoxy) is 2. The Bertz CT molecular complexity index is 486. The highest BCUT2D eigenvalue weighted by Crippen LogP contribution is 3.05. The number of rotatable bonds is 2. The molecule has 6 aliphatic rings. The summed E-state index contributed by atoms with van der Waals surface area (Å²) in [6, 6.07) is 0. The maximum absolute atomic E-state index is 11.6. The van der Waals surface area contributed by atoms with Gasteiger partial charge in [0.2, 0.25) is 0 Å². The monoisotopic (exact) mass is 278 g/mol. The Morgan fingerprint density at radius 3 is 1.80 bits per heavy atom. The van der Waals surface area contributed by atoms with Gasteiger partial charge in [-0.3, -0.25) is 14.4 Å². The van der Waals surface area contributed by atoms with Crippen molar-refractivity contribution < 1.29 is 23.9 Å². The second-order valence-electron chi connectivity index (χ2n) is 6.63. The number of carbonyl (C=O) groups is 3. The molecule has 6 rings (SSSR count). The molecule has 5 heteroatoms. The smallest absolute Gasteiger partial charge is 0.313 e. The summed E-state index contributed by atoms with van der Waals surface area (Å²) in [5.41, 5.74) is 0.115. The van der Waals surface area contributed by atoms with Gasteiger partial charge in [-0.1, -0.05) is 6.92 Å². The summed E-state index contributed by atoms with van der Waals surface area (Å²) in [5, 5.41) is 0. The first kappa shape index (κ1) is 12.4. The van der Waals surface area contributed by atoms with Gasteiger partial charge in [0.05, 0.1) is 12.5 Å². The summed E-state index contributed by atoms with van der Waals surface area (Å²) < 4.78 is 9.04. The molecule has 6 saturated carbocycles. The quantitative estimate of drug-likeness (QED) is 0.557. The van der Waals surface area contributed by atoms with Crippen molar-refractivity contribution in [3.63, 3.8) is 0 Å². The van der Waals surface area contributed by atoms with Crippen LogP contribution in [0.5, 0.6) is 0 Å². The first-order chi connectivity index (χ1) is 9.51. The van der Waals surface area contributed by atoms with Crippen LogP contribution in [0.1, 0.15) is 20.3 Å². The second-order valence-corrected chi connectivity index (χ2v) is 6.63. The van der Waals surface area contributed by atoms with Gasteiger partial charge in [0.25, 0.3) is 0 Å². The topological polar surface area (TPSA) is 69.7 Å². The molecule has 0 unspecified atom stereocenters. The van der Waals surface area contributed by atoms with Crippen LogP contribution in [0, 0.1) is 46.8 Å². The van der Waals surface area contributed by atoms with E-state index in [0.717, 1.165) is 41.4 Å². The van der Waals surface area contributed by atoms with Crippen molar-refractivity contribution >= 4 is 17.9 Å². The maximum Gasteiger partial charge on any atom is 0.313 e. The van der Waals surface area contributed by atoms with Gasteiger partial charge in [0.1, 0.15) is 0 Å². The Hall–Kier alpha value is -1.39. The van der Waals surface area contributed by atoms with E-state index in [-0.39, 0.29) is 17.8 Å². The fourth-order valence-electron chi connectivity index (χ4n) is 6.25. The molecule has 108 valence electrons. The van der Waals surface area contributed by atoms with E-state index in [4.69, 9.17) is 4.74 Å². The highest BCUT2D eigenvalue weighted by atomic mass is 16.6. The molecule has 0 bridgehead atoms. The van der Waals surface area contributed by atoms with Gasteiger partial charge in [-0.2, -0.15) is 0 Å². The molecular weight excluding hydrogens is 260 g/mol. The van der Waals surface area contributed by atoms with Crippen LogP contribution in [0.3, 0.4) is 0 Å². The van der Waals surface area contributed by atoms with Crippen molar-refractivity contribution in [3.8, 4) is 0 Å².